The molecule has 0 radical (unpaired) electrons. The van der Waals surface area contributed by atoms with Gasteiger partial charge in [0.15, 0.2) is 5.78 Å². The Balaban J connectivity index is 2.27. The molecule has 3 atom stereocenters. The maximum atomic E-state index is 12.6. The summed E-state index contributed by atoms with van der Waals surface area (Å²) in [5.74, 6) is -0.0195. The second kappa shape index (κ2) is 6.24. The van der Waals surface area contributed by atoms with Gasteiger partial charge in [-0.1, -0.05) is 31.5 Å². The number of carbonyl (C=O) groups excluding carboxylic acids is 1. The van der Waals surface area contributed by atoms with Crippen LogP contribution in [0.3, 0.4) is 0 Å². The Kier molecular flexibility index (Phi) is 4.79. The van der Waals surface area contributed by atoms with Crippen molar-refractivity contribution >= 4 is 16.6 Å². The Labute approximate surface area is 128 Å². The molecule has 1 aliphatic rings. The number of aliphatic hydroxyl groups is 1. The molecule has 21 heavy (non-hydrogen) atoms. The van der Waals surface area contributed by atoms with E-state index in [1.54, 1.807) is 0 Å². The van der Waals surface area contributed by atoms with E-state index in [9.17, 15) is 14.1 Å². The van der Waals surface area contributed by atoms with E-state index in [-0.39, 0.29) is 17.5 Å². The predicted molar refractivity (Wildman–Crippen MR) is 84.6 cm³/mol. The molecule has 0 saturated heterocycles. The van der Waals surface area contributed by atoms with E-state index in [1.165, 1.54) is 6.08 Å². The first-order valence-corrected chi connectivity index (χ1v) is 8.60. The molecule has 0 bridgehead atoms. The van der Waals surface area contributed by atoms with Gasteiger partial charge in [0.2, 0.25) is 0 Å². The van der Waals surface area contributed by atoms with Crippen molar-refractivity contribution in [2.24, 2.45) is 5.92 Å². The van der Waals surface area contributed by atoms with Gasteiger partial charge in [-0.2, -0.15) is 0 Å². The Hall–Kier alpha value is -1.26. The quantitative estimate of drug-likeness (QED) is 0.930. The Morgan fingerprint density at radius 2 is 1.95 bits per heavy atom. The van der Waals surface area contributed by atoms with Crippen molar-refractivity contribution in [3.8, 4) is 0 Å². The third-order valence-electron chi connectivity index (χ3n) is 4.23. The molecule has 1 aromatic carbocycles. The molecule has 0 saturated carbocycles. The maximum absolute atomic E-state index is 12.6. The number of aryl methyl sites for hydroxylation is 1. The maximum Gasteiger partial charge on any atom is 0.156 e. The van der Waals surface area contributed by atoms with Gasteiger partial charge in [0.05, 0.1) is 16.6 Å². The van der Waals surface area contributed by atoms with Gasteiger partial charge in [0.1, 0.15) is 5.60 Å². The Bertz CT molecular complexity index is 589. The molecule has 1 N–H and O–H groups in total. The van der Waals surface area contributed by atoms with Crippen LogP contribution in [0.4, 0.5) is 0 Å². The zero-order valence-electron chi connectivity index (χ0n) is 12.8. The van der Waals surface area contributed by atoms with Crippen molar-refractivity contribution in [1.82, 2.24) is 0 Å². The third-order valence-corrected chi connectivity index (χ3v) is 5.73. The zero-order chi connectivity index (χ0) is 15.6. The number of rotatable bonds is 4. The first-order valence-electron chi connectivity index (χ1n) is 7.28. The van der Waals surface area contributed by atoms with Gasteiger partial charge in [0, 0.05) is 11.3 Å². The van der Waals surface area contributed by atoms with Gasteiger partial charge in [-0.25, -0.2) is 0 Å². The van der Waals surface area contributed by atoms with Crippen LogP contribution in [0.1, 0.15) is 32.3 Å². The van der Waals surface area contributed by atoms with Crippen molar-refractivity contribution in [3.63, 3.8) is 0 Å². The lowest BCUT2D eigenvalue weighted by atomic mass is 9.75. The average molecular weight is 306 g/mol. The first-order chi connectivity index (χ1) is 9.86. The smallest absolute Gasteiger partial charge is 0.156 e. The molecule has 2 rings (SSSR count). The molecule has 0 heterocycles. The highest BCUT2D eigenvalue weighted by atomic mass is 32.2. The van der Waals surface area contributed by atoms with Crippen LogP contribution >= 0.6 is 0 Å². The van der Waals surface area contributed by atoms with E-state index in [0.717, 1.165) is 5.56 Å². The van der Waals surface area contributed by atoms with Crippen LogP contribution in [-0.4, -0.2) is 26.5 Å². The van der Waals surface area contributed by atoms with Gasteiger partial charge in [-0.3, -0.25) is 9.00 Å². The molecule has 4 heteroatoms. The molecule has 1 aliphatic carbocycles. The highest BCUT2D eigenvalue weighted by Gasteiger charge is 2.42. The zero-order valence-corrected chi connectivity index (χ0v) is 13.6. The van der Waals surface area contributed by atoms with Gasteiger partial charge in [0.25, 0.3) is 0 Å². The van der Waals surface area contributed by atoms with E-state index < -0.39 is 16.4 Å². The Morgan fingerprint density at radius 1 is 1.33 bits per heavy atom. The predicted octanol–water partition coefficient (Wildman–Crippen LogP) is 2.78. The normalized spacial score (nSPS) is 27.3. The largest absolute Gasteiger partial charge is 0.384 e. The van der Waals surface area contributed by atoms with Crippen molar-refractivity contribution < 1.29 is 14.1 Å². The molecular formula is C17H22O3S. The molecule has 1 aromatic rings. The highest BCUT2D eigenvalue weighted by Crippen LogP contribution is 2.36. The van der Waals surface area contributed by atoms with Crippen molar-refractivity contribution in [2.75, 3.05) is 5.75 Å². The number of carbonyl (C=O) groups is 1. The standard InChI is InChI=1S/C17H22O3S/c1-4-14-10-15(18)9-13(3)17(14,19)11-21(20)16-7-5-12(2)6-8-16/h5-8,10,13,19H,4,9,11H2,1-3H3/t13-,17-,21-/m1/s1. The summed E-state index contributed by atoms with van der Waals surface area (Å²) in [4.78, 5) is 12.4. The fourth-order valence-electron chi connectivity index (χ4n) is 2.78. The van der Waals surface area contributed by atoms with Gasteiger partial charge >= 0.3 is 0 Å². The molecule has 0 spiro atoms. The minimum absolute atomic E-state index is 0.0464. The SMILES string of the molecule is CCC1=CC(=O)C[C@@H](C)[C@]1(O)C[S@@](=O)c1ccc(C)cc1. The molecule has 0 fully saturated rings. The summed E-state index contributed by atoms with van der Waals surface area (Å²) in [6, 6.07) is 7.51. The number of allylic oxidation sites excluding steroid dienone is 1. The lowest BCUT2D eigenvalue weighted by Gasteiger charge is -2.38. The average Bonchev–Trinajstić information content (AvgIpc) is 2.43. The van der Waals surface area contributed by atoms with E-state index in [0.29, 0.717) is 23.3 Å². The number of ketones is 1. The fourth-order valence-corrected chi connectivity index (χ4v) is 4.26. The van der Waals surface area contributed by atoms with E-state index in [4.69, 9.17) is 0 Å². The summed E-state index contributed by atoms with van der Waals surface area (Å²) >= 11 is 0. The van der Waals surface area contributed by atoms with Crippen LogP contribution in [0.2, 0.25) is 0 Å². The molecule has 3 nitrogen and oxygen atoms in total. The number of benzene rings is 1. The lowest BCUT2D eigenvalue weighted by Crippen LogP contribution is -2.47. The second-order valence-electron chi connectivity index (χ2n) is 5.82. The van der Waals surface area contributed by atoms with Crippen molar-refractivity contribution in [2.45, 2.75) is 44.1 Å². The molecule has 114 valence electrons. The summed E-state index contributed by atoms with van der Waals surface area (Å²) in [7, 11) is -1.28. The monoisotopic (exact) mass is 306 g/mol. The van der Waals surface area contributed by atoms with Crippen LogP contribution < -0.4 is 0 Å². The summed E-state index contributed by atoms with van der Waals surface area (Å²) in [5, 5.41) is 11.0. The molecule has 0 amide bonds. The van der Waals surface area contributed by atoms with Gasteiger partial charge in [-0.05, 0) is 43.0 Å². The summed E-state index contributed by atoms with van der Waals surface area (Å²) < 4.78 is 12.6. The number of hydrogen-bond donors (Lipinski definition) is 1. The van der Waals surface area contributed by atoms with E-state index >= 15 is 0 Å². The minimum Gasteiger partial charge on any atom is -0.384 e. The molecule has 0 unspecified atom stereocenters. The first kappa shape index (κ1) is 16.1. The van der Waals surface area contributed by atoms with Gasteiger partial charge in [-0.15, -0.1) is 0 Å². The molecular weight excluding hydrogens is 284 g/mol. The van der Waals surface area contributed by atoms with Crippen molar-refractivity contribution in [3.05, 3.63) is 41.5 Å². The van der Waals surface area contributed by atoms with Crippen LogP contribution in [0, 0.1) is 12.8 Å². The Morgan fingerprint density at radius 3 is 2.52 bits per heavy atom. The molecule has 0 aromatic heterocycles. The van der Waals surface area contributed by atoms with Crippen LogP contribution in [0.15, 0.2) is 40.8 Å². The van der Waals surface area contributed by atoms with Crippen molar-refractivity contribution in [1.29, 1.82) is 0 Å². The summed E-state index contributed by atoms with van der Waals surface area (Å²) in [6.07, 6.45) is 2.44. The topological polar surface area (TPSA) is 54.4 Å². The van der Waals surface area contributed by atoms with Crippen LogP contribution in [0.5, 0.6) is 0 Å². The van der Waals surface area contributed by atoms with Crippen LogP contribution in [0.25, 0.3) is 0 Å². The molecule has 0 aliphatic heterocycles. The second-order valence-corrected chi connectivity index (χ2v) is 7.27. The minimum atomic E-state index is -1.28. The fraction of sp³-hybridized carbons (Fsp3) is 0.471. The van der Waals surface area contributed by atoms with E-state index in [2.05, 4.69) is 0 Å². The lowest BCUT2D eigenvalue weighted by molar-refractivity contribution is -0.118. The van der Waals surface area contributed by atoms with E-state index in [1.807, 2.05) is 45.0 Å². The summed E-state index contributed by atoms with van der Waals surface area (Å²) in [6.45, 7) is 5.75. The van der Waals surface area contributed by atoms with Crippen LogP contribution in [-0.2, 0) is 15.6 Å². The third kappa shape index (κ3) is 3.33. The van der Waals surface area contributed by atoms with Gasteiger partial charge < -0.3 is 5.11 Å². The highest BCUT2D eigenvalue weighted by molar-refractivity contribution is 7.85. The number of hydrogen-bond acceptors (Lipinski definition) is 3. The summed E-state index contributed by atoms with van der Waals surface area (Å²) in [5.41, 5.74) is 0.658.